The summed E-state index contributed by atoms with van der Waals surface area (Å²) in [7, 11) is 0. The van der Waals surface area contributed by atoms with Gasteiger partial charge >= 0.3 is 0 Å². The fourth-order valence-corrected chi connectivity index (χ4v) is 3.06. The topological polar surface area (TPSA) is 37.8 Å². The molecule has 0 atom stereocenters. The Hall–Kier alpha value is -0.780. The molecule has 0 aliphatic heterocycles. The van der Waals surface area contributed by atoms with Crippen LogP contribution in [0.4, 0.5) is 0 Å². The van der Waals surface area contributed by atoms with Gasteiger partial charge in [0.1, 0.15) is 0 Å². The zero-order valence-electron chi connectivity index (χ0n) is 9.49. The van der Waals surface area contributed by atoms with Gasteiger partial charge in [0.15, 0.2) is 0 Å². The van der Waals surface area contributed by atoms with Crippen molar-refractivity contribution in [3.63, 3.8) is 0 Å². The lowest BCUT2D eigenvalue weighted by atomic mass is 10.2. The maximum absolute atomic E-state index is 3.99. The van der Waals surface area contributed by atoms with Crippen LogP contribution in [0, 0.1) is 13.8 Å². The Balaban J connectivity index is 1.74. The second-order valence-corrected chi connectivity index (χ2v) is 5.83. The molecule has 86 valence electrons. The van der Waals surface area contributed by atoms with Crippen LogP contribution in [0.1, 0.15) is 21.0 Å². The second kappa shape index (κ2) is 5.52. The summed E-state index contributed by atoms with van der Waals surface area (Å²) in [5.41, 5.74) is 2.50. The van der Waals surface area contributed by atoms with Crippen LogP contribution in [0.25, 0.3) is 0 Å². The standard InChI is InChI=1S/C11H15N3S2/c1-8-5-10(9(2)16-8)3-4-12-6-11-7-15-14-13-11/h5,7,12H,3-4,6H2,1-2H3. The molecule has 2 aromatic heterocycles. The van der Waals surface area contributed by atoms with E-state index < -0.39 is 0 Å². The Morgan fingerprint density at radius 3 is 2.88 bits per heavy atom. The molecule has 3 nitrogen and oxygen atoms in total. The van der Waals surface area contributed by atoms with E-state index in [0.717, 1.165) is 25.2 Å². The smallest absolute Gasteiger partial charge is 0.0893 e. The summed E-state index contributed by atoms with van der Waals surface area (Å²) in [5, 5.41) is 9.35. The first kappa shape index (κ1) is 11.7. The van der Waals surface area contributed by atoms with Crippen molar-refractivity contribution in [3.8, 4) is 0 Å². The zero-order chi connectivity index (χ0) is 11.4. The number of hydrogen-bond acceptors (Lipinski definition) is 5. The number of thiophene rings is 1. The molecule has 0 amide bonds. The highest BCUT2D eigenvalue weighted by Crippen LogP contribution is 2.20. The molecule has 5 heteroatoms. The van der Waals surface area contributed by atoms with Gasteiger partial charge in [-0.25, -0.2) is 0 Å². The number of hydrogen-bond donors (Lipinski definition) is 1. The van der Waals surface area contributed by atoms with Crippen LogP contribution in [-0.4, -0.2) is 16.1 Å². The Morgan fingerprint density at radius 2 is 2.25 bits per heavy atom. The first-order chi connectivity index (χ1) is 7.75. The van der Waals surface area contributed by atoms with E-state index in [4.69, 9.17) is 0 Å². The molecule has 0 spiro atoms. The maximum atomic E-state index is 3.99. The molecule has 0 unspecified atom stereocenters. The van der Waals surface area contributed by atoms with E-state index in [2.05, 4.69) is 34.8 Å². The second-order valence-electron chi connectivity index (χ2n) is 3.76. The molecule has 2 aromatic rings. The van der Waals surface area contributed by atoms with Crippen LogP contribution in [0.3, 0.4) is 0 Å². The van der Waals surface area contributed by atoms with Gasteiger partial charge in [-0.15, -0.1) is 16.4 Å². The van der Waals surface area contributed by atoms with E-state index in [1.807, 2.05) is 16.7 Å². The van der Waals surface area contributed by atoms with E-state index in [9.17, 15) is 0 Å². The highest BCUT2D eigenvalue weighted by Gasteiger charge is 2.02. The minimum absolute atomic E-state index is 0.818. The van der Waals surface area contributed by atoms with Crippen molar-refractivity contribution in [3.05, 3.63) is 32.5 Å². The van der Waals surface area contributed by atoms with Crippen LogP contribution in [-0.2, 0) is 13.0 Å². The number of rotatable bonds is 5. The van der Waals surface area contributed by atoms with Crippen molar-refractivity contribution in [2.45, 2.75) is 26.8 Å². The predicted octanol–water partition coefficient (Wildman–Crippen LogP) is 2.55. The molecule has 2 heterocycles. The summed E-state index contributed by atoms with van der Waals surface area (Å²) in [6.07, 6.45) is 1.09. The van der Waals surface area contributed by atoms with Crippen LogP contribution in [0.15, 0.2) is 11.4 Å². The summed E-state index contributed by atoms with van der Waals surface area (Å²) in [5.74, 6) is 0. The van der Waals surface area contributed by atoms with Crippen molar-refractivity contribution < 1.29 is 0 Å². The largest absolute Gasteiger partial charge is 0.311 e. The van der Waals surface area contributed by atoms with E-state index in [-0.39, 0.29) is 0 Å². The van der Waals surface area contributed by atoms with E-state index in [0.29, 0.717) is 0 Å². The molecule has 2 rings (SSSR count). The first-order valence-corrected chi connectivity index (χ1v) is 6.93. The Bertz CT molecular complexity index is 434. The first-order valence-electron chi connectivity index (χ1n) is 5.28. The van der Waals surface area contributed by atoms with Crippen molar-refractivity contribution in [2.24, 2.45) is 0 Å². The van der Waals surface area contributed by atoms with E-state index >= 15 is 0 Å². The van der Waals surface area contributed by atoms with Gasteiger partial charge in [-0.1, -0.05) is 4.49 Å². The molecular formula is C11H15N3S2. The molecule has 0 saturated carbocycles. The summed E-state index contributed by atoms with van der Waals surface area (Å²) < 4.78 is 3.83. The van der Waals surface area contributed by atoms with Crippen molar-refractivity contribution in [1.29, 1.82) is 0 Å². The number of aromatic nitrogens is 2. The van der Waals surface area contributed by atoms with Crippen molar-refractivity contribution in [2.75, 3.05) is 6.54 Å². The van der Waals surface area contributed by atoms with Gasteiger partial charge in [-0.05, 0) is 50.0 Å². The van der Waals surface area contributed by atoms with Crippen molar-refractivity contribution in [1.82, 2.24) is 14.9 Å². The fraction of sp³-hybridized carbons (Fsp3) is 0.455. The molecule has 0 fully saturated rings. The Labute approximate surface area is 104 Å². The van der Waals surface area contributed by atoms with Crippen LogP contribution >= 0.6 is 22.9 Å². The third kappa shape index (κ3) is 3.10. The number of nitrogens with zero attached hydrogens (tertiary/aromatic N) is 2. The minimum Gasteiger partial charge on any atom is -0.311 e. The molecule has 0 radical (unpaired) electrons. The van der Waals surface area contributed by atoms with Gasteiger partial charge in [0.05, 0.1) is 5.69 Å². The van der Waals surface area contributed by atoms with Gasteiger partial charge < -0.3 is 5.32 Å². The van der Waals surface area contributed by atoms with Crippen molar-refractivity contribution >= 4 is 22.9 Å². The monoisotopic (exact) mass is 253 g/mol. The third-order valence-electron chi connectivity index (χ3n) is 2.43. The van der Waals surface area contributed by atoms with Crippen LogP contribution < -0.4 is 5.32 Å². The van der Waals surface area contributed by atoms with Gasteiger partial charge in [0, 0.05) is 21.7 Å². The van der Waals surface area contributed by atoms with E-state index in [1.54, 1.807) is 0 Å². The molecule has 0 aliphatic carbocycles. The Morgan fingerprint density at radius 1 is 1.38 bits per heavy atom. The fourth-order valence-electron chi connectivity index (χ4n) is 1.63. The molecular weight excluding hydrogens is 238 g/mol. The average Bonchev–Trinajstić information content (AvgIpc) is 2.84. The minimum atomic E-state index is 0.818. The highest BCUT2D eigenvalue weighted by atomic mass is 32.1. The summed E-state index contributed by atoms with van der Waals surface area (Å²) in [4.78, 5) is 2.84. The Kier molecular flexibility index (Phi) is 4.04. The normalized spacial score (nSPS) is 10.9. The molecule has 0 bridgehead atoms. The quantitative estimate of drug-likeness (QED) is 0.832. The van der Waals surface area contributed by atoms with E-state index in [1.165, 1.54) is 26.9 Å². The summed E-state index contributed by atoms with van der Waals surface area (Å²) >= 11 is 3.28. The lowest BCUT2D eigenvalue weighted by Crippen LogP contribution is -2.16. The van der Waals surface area contributed by atoms with Crippen LogP contribution in [0.5, 0.6) is 0 Å². The van der Waals surface area contributed by atoms with Gasteiger partial charge in [-0.3, -0.25) is 0 Å². The predicted molar refractivity (Wildman–Crippen MR) is 69.1 cm³/mol. The maximum Gasteiger partial charge on any atom is 0.0893 e. The molecule has 0 aromatic carbocycles. The summed E-state index contributed by atoms with van der Waals surface area (Å²) in [6, 6.07) is 2.28. The molecule has 16 heavy (non-hydrogen) atoms. The van der Waals surface area contributed by atoms with Crippen LogP contribution in [0.2, 0.25) is 0 Å². The lowest BCUT2D eigenvalue weighted by molar-refractivity contribution is 0.672. The number of nitrogens with one attached hydrogen (secondary N) is 1. The van der Waals surface area contributed by atoms with Gasteiger partial charge in [-0.2, -0.15) is 0 Å². The zero-order valence-corrected chi connectivity index (χ0v) is 11.1. The highest BCUT2D eigenvalue weighted by molar-refractivity contribution is 7.12. The SMILES string of the molecule is Cc1cc(CCNCc2csnn2)c(C)s1. The average molecular weight is 253 g/mol. The molecule has 0 saturated heterocycles. The van der Waals surface area contributed by atoms with Gasteiger partial charge in [0.25, 0.3) is 0 Å². The molecule has 1 N–H and O–H groups in total. The molecule has 0 aliphatic rings. The third-order valence-corrected chi connectivity index (χ3v) is 3.99. The van der Waals surface area contributed by atoms with Gasteiger partial charge in [0.2, 0.25) is 0 Å². The number of aryl methyl sites for hydroxylation is 2. The summed E-state index contributed by atoms with van der Waals surface area (Å²) in [6.45, 7) is 6.17. The lowest BCUT2D eigenvalue weighted by Gasteiger charge is -2.01.